The smallest absolute Gasteiger partial charge is 0.0346 e. The Labute approximate surface area is 87.5 Å². The molecule has 1 fully saturated rings. The van der Waals surface area contributed by atoms with E-state index in [-0.39, 0.29) is 0 Å². The lowest BCUT2D eigenvalue weighted by atomic mass is 9.91. The molecular formula is C13H21N. The highest BCUT2D eigenvalue weighted by atomic mass is 15.1. The van der Waals surface area contributed by atoms with Crippen LogP contribution in [0, 0.1) is 5.92 Å². The second-order valence-electron chi connectivity index (χ2n) is 4.60. The summed E-state index contributed by atoms with van der Waals surface area (Å²) in [5, 5.41) is 0. The number of rotatable bonds is 1. The zero-order valence-electron chi connectivity index (χ0n) is 9.21. The van der Waals surface area contributed by atoms with Crippen LogP contribution in [0.25, 0.3) is 0 Å². The molecule has 2 aliphatic heterocycles. The van der Waals surface area contributed by atoms with E-state index in [1.165, 1.54) is 38.5 Å². The van der Waals surface area contributed by atoms with E-state index < -0.39 is 0 Å². The van der Waals surface area contributed by atoms with Gasteiger partial charge < -0.3 is 4.90 Å². The molecule has 1 nitrogen and oxygen atoms in total. The van der Waals surface area contributed by atoms with Gasteiger partial charge in [0, 0.05) is 18.8 Å². The molecule has 0 aromatic heterocycles. The Bertz CT molecular complexity index is 242. The molecule has 0 N–H and O–H groups in total. The van der Waals surface area contributed by atoms with Crippen LogP contribution < -0.4 is 0 Å². The van der Waals surface area contributed by atoms with Crippen LogP contribution in [0.3, 0.4) is 0 Å². The Hall–Kier alpha value is -0.720. The van der Waals surface area contributed by atoms with Gasteiger partial charge in [0.25, 0.3) is 0 Å². The van der Waals surface area contributed by atoms with Crippen molar-refractivity contribution in [3.63, 3.8) is 0 Å². The lowest BCUT2D eigenvalue weighted by Crippen LogP contribution is -2.34. The molecule has 1 saturated heterocycles. The van der Waals surface area contributed by atoms with Crippen molar-refractivity contribution in [3.8, 4) is 0 Å². The van der Waals surface area contributed by atoms with Crippen molar-refractivity contribution in [1.82, 2.24) is 4.90 Å². The van der Waals surface area contributed by atoms with E-state index in [0.29, 0.717) is 5.92 Å². The first-order chi connectivity index (χ1) is 6.83. The van der Waals surface area contributed by atoms with Crippen molar-refractivity contribution >= 4 is 0 Å². The molecule has 2 rings (SSSR count). The first-order valence-electron chi connectivity index (χ1n) is 5.87. The third-order valence-corrected chi connectivity index (χ3v) is 3.81. The summed E-state index contributed by atoms with van der Waals surface area (Å²) in [5.41, 5.74) is 1.58. The number of fused-ring (bicyclic) bond motifs is 2. The molecule has 2 bridgehead atoms. The number of nitrogens with zero attached hydrogens (tertiary/aromatic N) is 1. The average molecular weight is 191 g/mol. The van der Waals surface area contributed by atoms with Gasteiger partial charge in [-0.25, -0.2) is 0 Å². The molecule has 0 aromatic carbocycles. The van der Waals surface area contributed by atoms with E-state index in [1.54, 1.807) is 5.70 Å². The van der Waals surface area contributed by atoms with Gasteiger partial charge in [-0.3, -0.25) is 0 Å². The van der Waals surface area contributed by atoms with E-state index >= 15 is 0 Å². The molecule has 0 saturated carbocycles. The first-order valence-corrected chi connectivity index (χ1v) is 5.87. The maximum atomic E-state index is 3.99. The third-order valence-electron chi connectivity index (χ3n) is 3.81. The molecule has 2 aliphatic rings. The van der Waals surface area contributed by atoms with Crippen molar-refractivity contribution in [2.24, 2.45) is 5.92 Å². The monoisotopic (exact) mass is 191 g/mol. The van der Waals surface area contributed by atoms with E-state index in [1.807, 2.05) is 0 Å². The van der Waals surface area contributed by atoms with Crippen LogP contribution in [0.1, 0.15) is 38.5 Å². The van der Waals surface area contributed by atoms with Gasteiger partial charge in [0.1, 0.15) is 0 Å². The number of allylic oxidation sites excluding steroid dienone is 2. The quantitative estimate of drug-likeness (QED) is 0.575. The van der Waals surface area contributed by atoms with Crippen LogP contribution in [-0.4, -0.2) is 18.0 Å². The minimum absolute atomic E-state index is 0.701. The minimum atomic E-state index is 0.701. The van der Waals surface area contributed by atoms with Gasteiger partial charge in [0.15, 0.2) is 0 Å². The largest absolute Gasteiger partial charge is 0.375 e. The van der Waals surface area contributed by atoms with Gasteiger partial charge in [-0.2, -0.15) is 0 Å². The maximum absolute atomic E-state index is 3.99. The lowest BCUT2D eigenvalue weighted by Gasteiger charge is -2.32. The van der Waals surface area contributed by atoms with Crippen molar-refractivity contribution in [2.45, 2.75) is 44.6 Å². The Balaban J connectivity index is 2.24. The fourth-order valence-corrected chi connectivity index (χ4v) is 2.90. The highest BCUT2D eigenvalue weighted by Gasteiger charge is 2.27. The molecule has 0 unspecified atom stereocenters. The highest BCUT2D eigenvalue weighted by Crippen LogP contribution is 2.33. The molecule has 0 amide bonds. The fraction of sp³-hybridized carbons (Fsp3) is 0.692. The summed E-state index contributed by atoms with van der Waals surface area (Å²) >= 11 is 0. The van der Waals surface area contributed by atoms with Gasteiger partial charge in [0.05, 0.1) is 0 Å². The molecule has 1 heteroatoms. The van der Waals surface area contributed by atoms with Crippen molar-refractivity contribution < 1.29 is 0 Å². The zero-order valence-corrected chi connectivity index (χ0v) is 9.21. The molecule has 78 valence electrons. The Morgan fingerprint density at radius 1 is 1.43 bits per heavy atom. The van der Waals surface area contributed by atoms with Crippen LogP contribution >= 0.6 is 0 Å². The molecule has 14 heavy (non-hydrogen) atoms. The second-order valence-corrected chi connectivity index (χ2v) is 4.60. The summed E-state index contributed by atoms with van der Waals surface area (Å²) in [6, 6.07) is 0.726. The van der Waals surface area contributed by atoms with Gasteiger partial charge in [-0.1, -0.05) is 18.6 Å². The van der Waals surface area contributed by atoms with Gasteiger partial charge in [-0.15, -0.1) is 6.58 Å². The molecular weight excluding hydrogens is 170 g/mol. The summed E-state index contributed by atoms with van der Waals surface area (Å²) in [6.07, 6.45) is 12.6. The van der Waals surface area contributed by atoms with E-state index in [9.17, 15) is 0 Å². The summed E-state index contributed by atoms with van der Waals surface area (Å²) in [6.45, 7) is 3.99. The standard InChI is InChI=1S/C13H21N/c1-3-11-7-6-9-12-8-4-5-10-13(11)14(12)2/h3,9,11,13H,1,4-8,10H2,2H3/t11-,13-/m0/s1. The van der Waals surface area contributed by atoms with E-state index in [4.69, 9.17) is 0 Å². The lowest BCUT2D eigenvalue weighted by molar-refractivity contribution is 0.241. The SMILES string of the molecule is C=C[C@H]1CCC=C2CCCC[C@@H]1N2C. The zero-order chi connectivity index (χ0) is 9.97. The normalized spacial score (nSPS) is 32.9. The Morgan fingerprint density at radius 3 is 3.07 bits per heavy atom. The summed E-state index contributed by atoms with van der Waals surface area (Å²) in [7, 11) is 2.27. The van der Waals surface area contributed by atoms with Crippen molar-refractivity contribution in [2.75, 3.05) is 7.05 Å². The van der Waals surface area contributed by atoms with Crippen LogP contribution in [0.2, 0.25) is 0 Å². The summed E-state index contributed by atoms with van der Waals surface area (Å²) in [5.74, 6) is 0.701. The molecule has 0 radical (unpaired) electrons. The minimum Gasteiger partial charge on any atom is -0.375 e. The van der Waals surface area contributed by atoms with Crippen molar-refractivity contribution in [1.29, 1.82) is 0 Å². The van der Waals surface area contributed by atoms with Crippen molar-refractivity contribution in [3.05, 3.63) is 24.4 Å². The molecule has 2 heterocycles. The number of hydrogen-bond donors (Lipinski definition) is 0. The van der Waals surface area contributed by atoms with Gasteiger partial charge in [0.2, 0.25) is 0 Å². The first kappa shape index (κ1) is 9.82. The summed E-state index contributed by atoms with van der Waals surface area (Å²) in [4.78, 5) is 2.52. The third kappa shape index (κ3) is 1.73. The second kappa shape index (κ2) is 4.20. The van der Waals surface area contributed by atoms with E-state index in [0.717, 1.165) is 6.04 Å². The Kier molecular flexibility index (Phi) is 2.95. The van der Waals surface area contributed by atoms with Gasteiger partial charge in [-0.05, 0) is 38.0 Å². The molecule has 0 aliphatic carbocycles. The van der Waals surface area contributed by atoms with Crippen LogP contribution in [0.5, 0.6) is 0 Å². The van der Waals surface area contributed by atoms with E-state index in [2.05, 4.69) is 30.7 Å². The van der Waals surface area contributed by atoms with Crippen LogP contribution in [0.4, 0.5) is 0 Å². The number of hydrogen-bond acceptors (Lipinski definition) is 1. The van der Waals surface area contributed by atoms with Crippen LogP contribution in [-0.2, 0) is 0 Å². The predicted octanol–water partition coefficient (Wildman–Crippen LogP) is 3.34. The molecule has 0 spiro atoms. The van der Waals surface area contributed by atoms with Crippen LogP contribution in [0.15, 0.2) is 24.4 Å². The topological polar surface area (TPSA) is 3.24 Å². The summed E-state index contributed by atoms with van der Waals surface area (Å²) < 4.78 is 0. The highest BCUT2D eigenvalue weighted by molar-refractivity contribution is 5.09. The molecule has 0 aromatic rings. The maximum Gasteiger partial charge on any atom is 0.0346 e. The fourth-order valence-electron chi connectivity index (χ4n) is 2.90. The Morgan fingerprint density at radius 2 is 2.29 bits per heavy atom. The average Bonchev–Trinajstić information content (AvgIpc) is 2.47. The molecule has 2 atom stereocenters. The predicted molar refractivity (Wildman–Crippen MR) is 61.0 cm³/mol. The van der Waals surface area contributed by atoms with Gasteiger partial charge >= 0.3 is 0 Å².